The molecule has 0 aromatic carbocycles. The standard InChI is InChI=1S/C7H17NO2P.C2H6.Y/c1-11(9)10-7-5-3-2-4-6-8;1-2;/h8-9H,2-7H2,1H3;1-2H3;/q-1;;. The summed E-state index contributed by atoms with van der Waals surface area (Å²) in [6.07, 6.45) is 4.22. The number of hydrogen-bond acceptors (Lipinski definition) is 2. The summed E-state index contributed by atoms with van der Waals surface area (Å²) < 4.78 is 5.00. The fraction of sp³-hybridized carbons (Fsp3) is 1.00. The molecule has 0 aliphatic heterocycles. The van der Waals surface area contributed by atoms with E-state index in [9.17, 15) is 0 Å². The van der Waals surface area contributed by atoms with Crippen LogP contribution in [0.2, 0.25) is 0 Å². The van der Waals surface area contributed by atoms with Crippen LogP contribution in [-0.4, -0.2) is 24.7 Å². The quantitative estimate of drug-likeness (QED) is 0.577. The summed E-state index contributed by atoms with van der Waals surface area (Å²) in [5.74, 6) is 0. The summed E-state index contributed by atoms with van der Waals surface area (Å²) in [6, 6.07) is 0. The molecule has 0 aromatic heterocycles. The van der Waals surface area contributed by atoms with Crippen molar-refractivity contribution in [3.8, 4) is 0 Å². The first kappa shape index (κ1) is 20.8. The molecule has 0 amide bonds. The van der Waals surface area contributed by atoms with Crippen LogP contribution in [0.5, 0.6) is 0 Å². The first-order chi connectivity index (χ1) is 6.27. The molecule has 14 heavy (non-hydrogen) atoms. The SMILES string of the molecule is CC.CP(O)OCCCCCC[NH-].[Y]. The second kappa shape index (κ2) is 19.9. The summed E-state index contributed by atoms with van der Waals surface area (Å²) in [4.78, 5) is 8.77. The molecule has 1 unspecified atom stereocenters. The molecule has 0 heterocycles. The second-order valence-electron chi connectivity index (χ2n) is 2.46. The van der Waals surface area contributed by atoms with E-state index < -0.39 is 8.38 Å². The maximum atomic E-state index is 8.77. The topological polar surface area (TPSA) is 53.3 Å². The number of rotatable bonds is 7. The first-order valence-electron chi connectivity index (χ1n) is 4.97. The first-order valence-corrected chi connectivity index (χ1v) is 6.63. The van der Waals surface area contributed by atoms with Gasteiger partial charge < -0.3 is 15.2 Å². The van der Waals surface area contributed by atoms with Gasteiger partial charge >= 0.3 is 0 Å². The van der Waals surface area contributed by atoms with Gasteiger partial charge in [-0.05, 0) is 6.42 Å². The molecule has 0 saturated carbocycles. The molecular weight excluding hydrogens is 274 g/mol. The third kappa shape index (κ3) is 23.3. The number of nitrogens with one attached hydrogen (secondary N) is 1. The fourth-order valence-electron chi connectivity index (χ4n) is 0.777. The van der Waals surface area contributed by atoms with Gasteiger partial charge in [0.25, 0.3) is 0 Å². The van der Waals surface area contributed by atoms with E-state index in [1.165, 1.54) is 0 Å². The van der Waals surface area contributed by atoms with E-state index in [2.05, 4.69) is 0 Å². The van der Waals surface area contributed by atoms with Crippen LogP contribution in [-0.2, 0) is 37.2 Å². The summed E-state index contributed by atoms with van der Waals surface area (Å²) in [7, 11) is -1.16. The predicted octanol–water partition coefficient (Wildman–Crippen LogP) is 3.57. The van der Waals surface area contributed by atoms with Gasteiger partial charge in [-0.2, -0.15) is 6.54 Å². The average molecular weight is 297 g/mol. The smallest absolute Gasteiger partial charge is 0.164 e. The Balaban J connectivity index is -0.000000376. The normalized spacial score (nSPS) is 10.9. The van der Waals surface area contributed by atoms with Crippen molar-refractivity contribution in [3.63, 3.8) is 0 Å². The Morgan fingerprint density at radius 1 is 1.14 bits per heavy atom. The summed E-state index contributed by atoms with van der Waals surface area (Å²) >= 11 is 0. The predicted molar refractivity (Wildman–Crippen MR) is 60.0 cm³/mol. The largest absolute Gasteiger partial charge is 0.677 e. The Morgan fingerprint density at radius 3 is 2.07 bits per heavy atom. The molecule has 0 saturated heterocycles. The van der Waals surface area contributed by atoms with Gasteiger partial charge in [-0.25, -0.2) is 0 Å². The summed E-state index contributed by atoms with van der Waals surface area (Å²) in [6.45, 7) is 6.87. The maximum Gasteiger partial charge on any atom is 0.164 e. The Morgan fingerprint density at radius 2 is 1.64 bits per heavy atom. The molecule has 3 nitrogen and oxygen atoms in total. The molecule has 0 aliphatic carbocycles. The van der Waals surface area contributed by atoms with Crippen molar-refractivity contribution in [2.45, 2.75) is 39.5 Å². The zero-order valence-electron chi connectivity index (χ0n) is 9.62. The van der Waals surface area contributed by atoms with Crippen molar-refractivity contribution in [1.82, 2.24) is 0 Å². The van der Waals surface area contributed by atoms with Crippen molar-refractivity contribution in [2.24, 2.45) is 0 Å². The van der Waals surface area contributed by atoms with Gasteiger partial charge in [-0.3, -0.25) is 0 Å². The zero-order chi connectivity index (χ0) is 10.5. The van der Waals surface area contributed by atoms with Crippen molar-refractivity contribution in [1.29, 1.82) is 0 Å². The van der Waals surface area contributed by atoms with E-state index in [0.717, 1.165) is 25.7 Å². The van der Waals surface area contributed by atoms with Crippen molar-refractivity contribution < 1.29 is 42.1 Å². The molecule has 85 valence electrons. The number of hydrogen-bond donors (Lipinski definition) is 1. The van der Waals surface area contributed by atoms with Crippen LogP contribution in [0.25, 0.3) is 5.73 Å². The summed E-state index contributed by atoms with van der Waals surface area (Å²) in [5.41, 5.74) is 6.88. The van der Waals surface area contributed by atoms with Crippen LogP contribution in [0.1, 0.15) is 39.5 Å². The molecule has 0 bridgehead atoms. The van der Waals surface area contributed by atoms with Gasteiger partial charge in [-0.1, -0.05) is 33.1 Å². The van der Waals surface area contributed by atoms with Crippen LogP contribution in [0.4, 0.5) is 0 Å². The molecule has 0 aliphatic rings. The molecule has 1 radical (unpaired) electrons. The maximum absolute atomic E-state index is 8.77. The van der Waals surface area contributed by atoms with Crippen molar-refractivity contribution in [3.05, 3.63) is 5.73 Å². The van der Waals surface area contributed by atoms with Crippen LogP contribution in [0, 0.1) is 0 Å². The molecular formula is C9H23NO2PY-. The number of unbranched alkanes of at least 4 members (excludes halogenated alkanes) is 3. The van der Waals surface area contributed by atoms with Crippen LogP contribution < -0.4 is 0 Å². The molecule has 5 heteroatoms. The van der Waals surface area contributed by atoms with E-state index in [0.29, 0.717) is 13.2 Å². The monoisotopic (exact) mass is 297 g/mol. The second-order valence-corrected chi connectivity index (χ2v) is 3.65. The minimum atomic E-state index is -1.16. The van der Waals surface area contributed by atoms with E-state index >= 15 is 0 Å². The van der Waals surface area contributed by atoms with E-state index in [1.807, 2.05) is 13.8 Å². The Hall–Kier alpha value is 1.41. The van der Waals surface area contributed by atoms with E-state index in [1.54, 1.807) is 6.66 Å². The molecule has 0 fully saturated rings. The average Bonchev–Trinajstić information content (AvgIpc) is 2.14. The minimum absolute atomic E-state index is 0. The molecule has 1 atom stereocenters. The molecule has 2 N–H and O–H groups in total. The Kier molecular flexibility index (Phi) is 29.5. The van der Waals surface area contributed by atoms with Crippen molar-refractivity contribution >= 4 is 8.38 Å². The fourth-order valence-corrected chi connectivity index (χ4v) is 1.17. The van der Waals surface area contributed by atoms with Gasteiger partial charge in [0.05, 0.1) is 6.61 Å². The third-order valence-electron chi connectivity index (χ3n) is 1.35. The molecule has 0 aromatic rings. The van der Waals surface area contributed by atoms with Gasteiger partial charge in [0, 0.05) is 39.4 Å². The van der Waals surface area contributed by atoms with Gasteiger partial charge in [0.1, 0.15) is 0 Å². The third-order valence-corrected chi connectivity index (χ3v) is 1.91. The van der Waals surface area contributed by atoms with E-state index in [-0.39, 0.29) is 32.7 Å². The zero-order valence-corrected chi connectivity index (χ0v) is 13.4. The molecule has 0 spiro atoms. The van der Waals surface area contributed by atoms with Crippen LogP contribution in [0.15, 0.2) is 0 Å². The minimum Gasteiger partial charge on any atom is -0.677 e. The van der Waals surface area contributed by atoms with Gasteiger partial charge in [0.15, 0.2) is 8.38 Å². The van der Waals surface area contributed by atoms with Crippen molar-refractivity contribution in [2.75, 3.05) is 19.8 Å². The Labute approximate surface area is 115 Å². The summed E-state index contributed by atoms with van der Waals surface area (Å²) in [5, 5.41) is 0. The van der Waals surface area contributed by atoms with Crippen LogP contribution >= 0.6 is 8.38 Å². The van der Waals surface area contributed by atoms with Crippen LogP contribution in [0.3, 0.4) is 0 Å². The van der Waals surface area contributed by atoms with Gasteiger partial charge in [0.2, 0.25) is 0 Å². The molecule has 0 rings (SSSR count). The van der Waals surface area contributed by atoms with E-state index in [4.69, 9.17) is 15.2 Å². The Bertz CT molecular complexity index is 87.2. The van der Waals surface area contributed by atoms with Gasteiger partial charge in [-0.15, -0.1) is 0 Å².